The van der Waals surface area contributed by atoms with Gasteiger partial charge in [-0.15, -0.1) is 0 Å². The van der Waals surface area contributed by atoms with Crippen LogP contribution in [0.1, 0.15) is 46.4 Å². The molecule has 4 aliphatic rings. The minimum Gasteiger partial charge on any atom is -0.494 e. The maximum atomic E-state index is 13.9. The molecule has 9 rings (SSSR count). The lowest BCUT2D eigenvalue weighted by Gasteiger charge is -2.39. The van der Waals surface area contributed by atoms with E-state index in [-0.39, 0.29) is 29.8 Å². The molecule has 2 amide bonds. The lowest BCUT2D eigenvalue weighted by molar-refractivity contribution is 0.0471. The van der Waals surface area contributed by atoms with Crippen molar-refractivity contribution < 1.29 is 14.3 Å². The summed E-state index contributed by atoms with van der Waals surface area (Å²) in [4.78, 5) is 45.0. The molecule has 0 radical (unpaired) electrons. The molecule has 48 heavy (non-hydrogen) atoms. The van der Waals surface area contributed by atoms with E-state index in [0.717, 1.165) is 47.5 Å². The number of halogens is 1. The quantitative estimate of drug-likeness (QED) is 0.235. The lowest BCUT2D eigenvalue weighted by Crippen LogP contribution is -2.51. The Bertz CT molecular complexity index is 2080. The van der Waals surface area contributed by atoms with Crippen molar-refractivity contribution in [3.05, 3.63) is 71.1 Å². The molecule has 5 aromatic rings. The van der Waals surface area contributed by atoms with Crippen molar-refractivity contribution in [1.82, 2.24) is 33.9 Å². The number of fused-ring (bicyclic) bond motifs is 4. The second kappa shape index (κ2) is 11.3. The minimum atomic E-state index is -0.0576. The number of ether oxygens (including phenoxy) is 1. The van der Waals surface area contributed by atoms with E-state index in [4.69, 9.17) is 32.0 Å². The monoisotopic (exact) mass is 664 g/mol. The normalized spacial score (nSPS) is 22.2. The SMILES string of the molecule is COc1cc(C(=O)N2C[C@H]3CC[C@@H]2[C@@H]3N)cc2nc(-c3cc4cccnc4n3CC3CC3)n(CC3CN(C(=O)c4ccc(Cl)nc4)C3)c12. The van der Waals surface area contributed by atoms with Crippen LogP contribution >= 0.6 is 11.6 Å². The number of hydrogen-bond acceptors (Lipinski definition) is 7. The van der Waals surface area contributed by atoms with Gasteiger partial charge in [0.05, 0.1) is 23.9 Å². The van der Waals surface area contributed by atoms with Crippen molar-refractivity contribution in [3.63, 3.8) is 0 Å². The number of methoxy groups -OCH3 is 1. The lowest BCUT2D eigenvalue weighted by atomic mass is 9.98. The summed E-state index contributed by atoms with van der Waals surface area (Å²) >= 11 is 5.95. The van der Waals surface area contributed by atoms with E-state index >= 15 is 0 Å². The Morgan fingerprint density at radius 1 is 0.938 bits per heavy atom. The number of imidazole rings is 1. The highest BCUT2D eigenvalue weighted by Crippen LogP contribution is 2.41. The molecule has 6 heterocycles. The number of aromatic nitrogens is 5. The van der Waals surface area contributed by atoms with E-state index in [2.05, 4.69) is 26.3 Å². The molecule has 2 saturated heterocycles. The zero-order chi connectivity index (χ0) is 32.7. The first-order valence-corrected chi connectivity index (χ1v) is 17.2. The van der Waals surface area contributed by atoms with Crippen molar-refractivity contribution in [2.75, 3.05) is 26.7 Å². The van der Waals surface area contributed by atoms with Crippen LogP contribution < -0.4 is 10.5 Å². The molecule has 0 spiro atoms. The van der Waals surface area contributed by atoms with E-state index in [0.29, 0.717) is 65.6 Å². The fourth-order valence-electron chi connectivity index (χ4n) is 8.14. The third-order valence-corrected chi connectivity index (χ3v) is 11.1. The summed E-state index contributed by atoms with van der Waals surface area (Å²) in [7, 11) is 1.64. The molecule has 12 heteroatoms. The molecule has 1 aromatic carbocycles. The molecule has 2 aliphatic heterocycles. The number of carbonyl (C=O) groups excluding carboxylic acids is 2. The van der Waals surface area contributed by atoms with Crippen LogP contribution in [0.5, 0.6) is 5.75 Å². The molecule has 11 nitrogen and oxygen atoms in total. The summed E-state index contributed by atoms with van der Waals surface area (Å²) in [6.07, 6.45) is 7.81. The number of likely N-dealkylation sites (tertiary alicyclic amines) is 2. The fourth-order valence-corrected chi connectivity index (χ4v) is 8.25. The van der Waals surface area contributed by atoms with E-state index in [9.17, 15) is 9.59 Å². The van der Waals surface area contributed by atoms with Crippen LogP contribution in [0.3, 0.4) is 0 Å². The molecule has 2 bridgehead atoms. The van der Waals surface area contributed by atoms with Gasteiger partial charge in [-0.25, -0.2) is 15.0 Å². The first-order chi connectivity index (χ1) is 23.4. The van der Waals surface area contributed by atoms with Crippen molar-refractivity contribution in [1.29, 1.82) is 0 Å². The first kappa shape index (κ1) is 29.6. The summed E-state index contributed by atoms with van der Waals surface area (Å²) < 4.78 is 10.5. The van der Waals surface area contributed by atoms with Crippen molar-refractivity contribution >= 4 is 45.5 Å². The average Bonchev–Trinajstić information content (AvgIpc) is 3.44. The summed E-state index contributed by atoms with van der Waals surface area (Å²) in [5, 5.41) is 1.42. The number of carbonyl (C=O) groups is 2. The van der Waals surface area contributed by atoms with Gasteiger partial charge in [-0.3, -0.25) is 9.59 Å². The van der Waals surface area contributed by atoms with Gasteiger partial charge in [0.1, 0.15) is 22.1 Å². The molecular formula is C36H37ClN8O3. The van der Waals surface area contributed by atoms with Gasteiger partial charge in [0.2, 0.25) is 0 Å². The zero-order valence-corrected chi connectivity index (χ0v) is 27.5. The smallest absolute Gasteiger partial charge is 0.255 e. The highest BCUT2D eigenvalue weighted by molar-refractivity contribution is 6.29. The average molecular weight is 665 g/mol. The molecule has 246 valence electrons. The summed E-state index contributed by atoms with van der Waals surface area (Å²) in [5.41, 5.74) is 11.0. The molecule has 4 aromatic heterocycles. The van der Waals surface area contributed by atoms with Gasteiger partial charge in [0.25, 0.3) is 11.8 Å². The van der Waals surface area contributed by atoms with Gasteiger partial charge in [-0.05, 0) is 80.0 Å². The number of piperidine rings is 1. The van der Waals surface area contributed by atoms with E-state index in [1.807, 2.05) is 34.2 Å². The standard InChI is InChI=1S/C36H37ClN8O3/c1-48-29-13-25(36(47)44-19-24-6-8-27(44)31(24)38)11-26-32(29)45(18-21-15-42(16-21)35(46)23-7-9-30(37)40-14-23)34(41-26)28-12-22-3-2-10-39-33(22)43(28)17-20-4-5-20/h2-3,7,9-14,20-21,24,27,31H,4-6,8,15-19,38H2,1H3/t24-,27-,31-/m1/s1. The van der Waals surface area contributed by atoms with E-state index < -0.39 is 0 Å². The van der Waals surface area contributed by atoms with E-state index in [1.165, 1.54) is 19.0 Å². The van der Waals surface area contributed by atoms with Gasteiger partial charge in [0, 0.05) is 74.1 Å². The topological polar surface area (TPSA) is 124 Å². The molecule has 2 aliphatic carbocycles. The second-order valence-electron chi connectivity index (χ2n) is 14.0. The summed E-state index contributed by atoms with van der Waals surface area (Å²) in [5.74, 6) is 2.50. The minimum absolute atomic E-state index is 0.0224. The third-order valence-electron chi connectivity index (χ3n) is 10.9. The van der Waals surface area contributed by atoms with Gasteiger partial charge in [0.15, 0.2) is 5.82 Å². The van der Waals surface area contributed by atoms with E-state index in [1.54, 1.807) is 19.2 Å². The number of nitrogens with zero attached hydrogens (tertiary/aromatic N) is 7. The number of amides is 2. The van der Waals surface area contributed by atoms with Gasteiger partial charge in [-0.2, -0.15) is 0 Å². The predicted octanol–water partition coefficient (Wildman–Crippen LogP) is 4.85. The van der Waals surface area contributed by atoms with Crippen molar-refractivity contribution in [3.8, 4) is 17.3 Å². The number of nitrogens with two attached hydrogens (primary N) is 1. The molecular weight excluding hydrogens is 628 g/mol. The predicted molar refractivity (Wildman–Crippen MR) is 182 cm³/mol. The van der Waals surface area contributed by atoms with Crippen LogP contribution in [-0.2, 0) is 13.1 Å². The highest BCUT2D eigenvalue weighted by atomic mass is 35.5. The molecule has 2 N–H and O–H groups in total. The second-order valence-corrected chi connectivity index (χ2v) is 14.4. The zero-order valence-electron chi connectivity index (χ0n) is 26.8. The van der Waals surface area contributed by atoms with Crippen molar-refractivity contribution in [2.45, 2.75) is 50.9 Å². The number of benzene rings is 1. The Balaban J connectivity index is 1.11. The van der Waals surface area contributed by atoms with Crippen LogP contribution in [0.4, 0.5) is 0 Å². The van der Waals surface area contributed by atoms with Crippen LogP contribution in [0.15, 0.2) is 54.9 Å². The first-order valence-electron chi connectivity index (χ1n) is 16.9. The highest BCUT2D eigenvalue weighted by Gasteiger charge is 2.47. The Labute approximate surface area is 282 Å². The summed E-state index contributed by atoms with van der Waals surface area (Å²) in [6.45, 7) is 3.40. The summed E-state index contributed by atoms with van der Waals surface area (Å²) in [6, 6.07) is 13.5. The number of pyridine rings is 2. The molecule has 4 fully saturated rings. The van der Waals surface area contributed by atoms with Crippen molar-refractivity contribution in [2.24, 2.45) is 23.5 Å². The van der Waals surface area contributed by atoms with Crippen LogP contribution in [-0.4, -0.2) is 84.5 Å². The van der Waals surface area contributed by atoms with Crippen LogP contribution in [0, 0.1) is 17.8 Å². The maximum absolute atomic E-state index is 13.9. The van der Waals surface area contributed by atoms with Gasteiger partial charge < -0.3 is 29.4 Å². The Hall–Kier alpha value is -4.48. The Morgan fingerprint density at radius 3 is 2.48 bits per heavy atom. The number of rotatable bonds is 8. The largest absolute Gasteiger partial charge is 0.494 e. The molecule has 3 atom stereocenters. The van der Waals surface area contributed by atoms with Gasteiger partial charge in [-0.1, -0.05) is 11.6 Å². The van der Waals surface area contributed by atoms with Crippen LogP contribution in [0.25, 0.3) is 33.6 Å². The van der Waals surface area contributed by atoms with Crippen LogP contribution in [0.2, 0.25) is 5.15 Å². The Kier molecular flexibility index (Phi) is 6.98. The fraction of sp³-hybridized carbons (Fsp3) is 0.417. The molecule has 0 unspecified atom stereocenters. The molecule has 2 saturated carbocycles. The Morgan fingerprint density at radius 2 is 1.77 bits per heavy atom. The maximum Gasteiger partial charge on any atom is 0.255 e. The van der Waals surface area contributed by atoms with Gasteiger partial charge >= 0.3 is 0 Å². The number of hydrogen-bond donors (Lipinski definition) is 1. The third kappa shape index (κ3) is 4.85.